The summed E-state index contributed by atoms with van der Waals surface area (Å²) in [4.78, 5) is 26.1. The molecule has 6 heteroatoms. The van der Waals surface area contributed by atoms with Crippen molar-refractivity contribution in [1.29, 1.82) is 0 Å². The molecule has 1 aromatic rings. The van der Waals surface area contributed by atoms with E-state index in [1.807, 2.05) is 0 Å². The maximum Gasteiger partial charge on any atom is 0.339 e. The van der Waals surface area contributed by atoms with E-state index in [1.165, 1.54) is 26.5 Å². The summed E-state index contributed by atoms with van der Waals surface area (Å²) in [5, 5.41) is 0.240. The van der Waals surface area contributed by atoms with Gasteiger partial charge in [-0.25, -0.2) is 9.78 Å². The van der Waals surface area contributed by atoms with Gasteiger partial charge in [0.2, 0.25) is 0 Å². The first-order valence-corrected chi connectivity index (χ1v) is 5.43. The first kappa shape index (κ1) is 14.2. The van der Waals surface area contributed by atoms with Gasteiger partial charge in [-0.05, 0) is 6.07 Å². The van der Waals surface area contributed by atoms with Crippen molar-refractivity contribution in [3.8, 4) is 0 Å². The number of pyridine rings is 1. The Kier molecular flexibility index (Phi) is 5.32. The molecule has 0 saturated heterocycles. The van der Waals surface area contributed by atoms with Crippen LogP contribution in [0.4, 0.5) is 0 Å². The first-order chi connectivity index (χ1) is 8.58. The van der Waals surface area contributed by atoms with E-state index < -0.39 is 5.97 Å². The molecule has 18 heavy (non-hydrogen) atoms. The highest BCUT2D eigenvalue weighted by Crippen LogP contribution is 2.16. The van der Waals surface area contributed by atoms with E-state index in [-0.39, 0.29) is 17.5 Å². The molecule has 0 fully saturated rings. The lowest BCUT2D eigenvalue weighted by atomic mass is 10.2. The van der Waals surface area contributed by atoms with Crippen LogP contribution >= 0.6 is 11.6 Å². The molecule has 0 saturated carbocycles. The number of carbonyl (C=O) groups is 2. The largest absolute Gasteiger partial charge is 0.469 e. The van der Waals surface area contributed by atoms with E-state index in [1.54, 1.807) is 12.2 Å². The third-order valence-corrected chi connectivity index (χ3v) is 2.41. The number of halogens is 1. The lowest BCUT2D eigenvalue weighted by molar-refractivity contribution is -0.139. The molecule has 0 aliphatic rings. The quantitative estimate of drug-likeness (QED) is 0.619. The van der Waals surface area contributed by atoms with Gasteiger partial charge in [-0.1, -0.05) is 23.8 Å². The van der Waals surface area contributed by atoms with E-state index in [2.05, 4.69) is 14.5 Å². The summed E-state index contributed by atoms with van der Waals surface area (Å²) in [6.45, 7) is 0. The van der Waals surface area contributed by atoms with E-state index in [0.29, 0.717) is 11.1 Å². The molecule has 1 aromatic heterocycles. The minimum atomic E-state index is -0.498. The molecule has 0 N–H and O–H groups in total. The molecular weight excluding hydrogens is 258 g/mol. The third-order valence-electron chi connectivity index (χ3n) is 2.10. The fourth-order valence-electron chi connectivity index (χ4n) is 1.18. The van der Waals surface area contributed by atoms with Crippen LogP contribution in [0.25, 0.3) is 6.08 Å². The number of ether oxygens (including phenoxy) is 2. The third kappa shape index (κ3) is 3.85. The van der Waals surface area contributed by atoms with Crippen LogP contribution in [0.1, 0.15) is 22.3 Å². The second-order valence-electron chi connectivity index (χ2n) is 3.28. The van der Waals surface area contributed by atoms with Gasteiger partial charge >= 0.3 is 11.9 Å². The molecule has 1 rings (SSSR count). The number of hydrogen-bond acceptors (Lipinski definition) is 5. The van der Waals surface area contributed by atoms with Crippen molar-refractivity contribution in [3.63, 3.8) is 0 Å². The zero-order valence-electron chi connectivity index (χ0n) is 9.97. The average Bonchev–Trinajstić information content (AvgIpc) is 2.39. The van der Waals surface area contributed by atoms with Gasteiger partial charge in [-0.3, -0.25) is 4.79 Å². The van der Waals surface area contributed by atoms with Crippen molar-refractivity contribution in [2.75, 3.05) is 14.2 Å². The first-order valence-electron chi connectivity index (χ1n) is 5.05. The predicted molar refractivity (Wildman–Crippen MR) is 66.3 cm³/mol. The second kappa shape index (κ2) is 6.76. The standard InChI is InChI=1S/C12H12ClNO4/c1-17-10(15)5-3-4-8-6-9(12(16)18-2)7-14-11(8)13/h3-4,6-7H,5H2,1-2H3. The summed E-state index contributed by atoms with van der Waals surface area (Å²) < 4.78 is 9.06. The molecule has 0 radical (unpaired) electrons. The fourth-order valence-corrected chi connectivity index (χ4v) is 1.34. The van der Waals surface area contributed by atoms with E-state index in [9.17, 15) is 9.59 Å². The van der Waals surface area contributed by atoms with Crippen LogP contribution in [0, 0.1) is 0 Å². The molecular formula is C12H12ClNO4. The van der Waals surface area contributed by atoms with Gasteiger partial charge in [0.15, 0.2) is 0 Å². The Morgan fingerprint density at radius 3 is 2.72 bits per heavy atom. The lowest BCUT2D eigenvalue weighted by Gasteiger charge is -2.02. The summed E-state index contributed by atoms with van der Waals surface area (Å²) in [6.07, 6.45) is 4.62. The number of carbonyl (C=O) groups excluding carboxylic acids is 2. The van der Waals surface area contributed by atoms with Crippen molar-refractivity contribution in [3.05, 3.63) is 34.6 Å². The Balaban J connectivity index is 2.87. The van der Waals surface area contributed by atoms with Crippen LogP contribution in [-0.2, 0) is 14.3 Å². The number of methoxy groups -OCH3 is 2. The van der Waals surface area contributed by atoms with E-state index in [4.69, 9.17) is 11.6 Å². The molecule has 0 amide bonds. The minimum absolute atomic E-state index is 0.120. The Hall–Kier alpha value is -1.88. The smallest absolute Gasteiger partial charge is 0.339 e. The molecule has 0 spiro atoms. The van der Waals surface area contributed by atoms with Crippen LogP contribution in [0.15, 0.2) is 18.3 Å². The summed E-state index contributed by atoms with van der Waals surface area (Å²) in [6, 6.07) is 1.54. The van der Waals surface area contributed by atoms with Crippen LogP contribution in [-0.4, -0.2) is 31.1 Å². The predicted octanol–water partition coefficient (Wildman–Crippen LogP) is 2.10. The second-order valence-corrected chi connectivity index (χ2v) is 3.64. The highest BCUT2D eigenvalue weighted by molar-refractivity contribution is 6.30. The van der Waals surface area contributed by atoms with Crippen LogP contribution in [0.3, 0.4) is 0 Å². The number of esters is 2. The van der Waals surface area contributed by atoms with Crippen LogP contribution in [0.2, 0.25) is 5.15 Å². The van der Waals surface area contributed by atoms with E-state index in [0.717, 1.165) is 0 Å². The van der Waals surface area contributed by atoms with Gasteiger partial charge in [-0.15, -0.1) is 0 Å². The number of rotatable bonds is 4. The number of aromatic nitrogens is 1. The number of hydrogen-bond donors (Lipinski definition) is 0. The zero-order chi connectivity index (χ0) is 13.5. The number of nitrogens with zero attached hydrogens (tertiary/aromatic N) is 1. The van der Waals surface area contributed by atoms with Gasteiger partial charge in [0.25, 0.3) is 0 Å². The average molecular weight is 270 g/mol. The maximum atomic E-state index is 11.3. The summed E-state index contributed by atoms with van der Waals surface area (Å²) >= 11 is 5.86. The molecule has 0 atom stereocenters. The van der Waals surface area contributed by atoms with Gasteiger partial charge in [0, 0.05) is 11.8 Å². The molecule has 0 bridgehead atoms. The normalized spacial score (nSPS) is 10.4. The summed E-state index contributed by atoms with van der Waals surface area (Å²) in [5.74, 6) is -0.860. The van der Waals surface area contributed by atoms with Gasteiger partial charge in [-0.2, -0.15) is 0 Å². The Labute approximate surface area is 109 Å². The minimum Gasteiger partial charge on any atom is -0.469 e. The van der Waals surface area contributed by atoms with E-state index >= 15 is 0 Å². The molecule has 0 aliphatic heterocycles. The molecule has 0 unspecified atom stereocenters. The topological polar surface area (TPSA) is 65.5 Å². The highest BCUT2D eigenvalue weighted by atomic mass is 35.5. The Bertz CT molecular complexity index is 485. The van der Waals surface area contributed by atoms with Crippen molar-refractivity contribution in [1.82, 2.24) is 4.98 Å². The maximum absolute atomic E-state index is 11.3. The van der Waals surface area contributed by atoms with Crippen molar-refractivity contribution < 1.29 is 19.1 Å². The Morgan fingerprint density at radius 1 is 1.39 bits per heavy atom. The highest BCUT2D eigenvalue weighted by Gasteiger charge is 2.08. The lowest BCUT2D eigenvalue weighted by Crippen LogP contribution is -2.02. The molecule has 1 heterocycles. The van der Waals surface area contributed by atoms with Gasteiger partial charge in [0.05, 0.1) is 26.2 Å². The van der Waals surface area contributed by atoms with Crippen LogP contribution in [0.5, 0.6) is 0 Å². The monoisotopic (exact) mass is 269 g/mol. The zero-order valence-corrected chi connectivity index (χ0v) is 10.7. The molecule has 0 aromatic carbocycles. The molecule has 0 aliphatic carbocycles. The van der Waals surface area contributed by atoms with Gasteiger partial charge in [0.1, 0.15) is 5.15 Å². The SMILES string of the molecule is COC(=O)CC=Cc1cc(C(=O)OC)cnc1Cl. The van der Waals surface area contributed by atoms with Gasteiger partial charge < -0.3 is 9.47 Å². The van der Waals surface area contributed by atoms with Crippen molar-refractivity contribution in [2.24, 2.45) is 0 Å². The van der Waals surface area contributed by atoms with Crippen molar-refractivity contribution >= 4 is 29.6 Å². The fraction of sp³-hybridized carbons (Fsp3) is 0.250. The molecule has 96 valence electrons. The van der Waals surface area contributed by atoms with Crippen LogP contribution < -0.4 is 0 Å². The molecule has 5 nitrogen and oxygen atoms in total. The Morgan fingerprint density at radius 2 is 2.11 bits per heavy atom. The summed E-state index contributed by atoms with van der Waals surface area (Å²) in [5.41, 5.74) is 0.822. The van der Waals surface area contributed by atoms with Crippen molar-refractivity contribution in [2.45, 2.75) is 6.42 Å². The summed E-state index contributed by atoms with van der Waals surface area (Å²) in [7, 11) is 2.59.